The predicted octanol–water partition coefficient (Wildman–Crippen LogP) is 4.40. The number of rotatable bonds is 8. The molecule has 2 heterocycles. The molecule has 1 saturated carbocycles. The van der Waals surface area contributed by atoms with Gasteiger partial charge in [-0.25, -0.2) is 0 Å². The van der Waals surface area contributed by atoms with Crippen LogP contribution in [0.2, 0.25) is 0 Å². The number of benzene rings is 2. The van der Waals surface area contributed by atoms with Crippen LogP contribution in [-0.2, 0) is 32.7 Å². The van der Waals surface area contributed by atoms with Crippen LogP contribution in [0.5, 0.6) is 0 Å². The summed E-state index contributed by atoms with van der Waals surface area (Å²) >= 11 is 0. The van der Waals surface area contributed by atoms with Crippen molar-refractivity contribution in [2.75, 3.05) is 26.2 Å². The number of fused-ring (bicyclic) bond motifs is 2. The van der Waals surface area contributed by atoms with Gasteiger partial charge < -0.3 is 20.1 Å². The highest BCUT2D eigenvalue weighted by Crippen LogP contribution is 2.47. The molecule has 2 N–H and O–H groups in total. The molecule has 0 radical (unpaired) electrons. The SMILES string of the molecule is CCCO[C@@H]1CN(C2CCC3(CC2)OCc2ccccc23)C[C@@H]1NC(=O)CNC(=O)c1cccc(C(F)(F)F)c1. The molecule has 7 nitrogen and oxygen atoms in total. The van der Waals surface area contributed by atoms with E-state index in [0.717, 1.165) is 44.2 Å². The van der Waals surface area contributed by atoms with E-state index in [0.29, 0.717) is 32.3 Å². The Morgan fingerprint density at radius 1 is 1.10 bits per heavy atom. The fourth-order valence-electron chi connectivity index (χ4n) is 6.27. The molecular weight excluding hydrogens is 523 g/mol. The number of amides is 2. The first-order valence-corrected chi connectivity index (χ1v) is 14.0. The van der Waals surface area contributed by atoms with E-state index in [1.54, 1.807) is 0 Å². The molecular formula is C30H36F3N3O4. The molecule has 1 saturated heterocycles. The van der Waals surface area contributed by atoms with Crippen molar-refractivity contribution in [2.24, 2.45) is 0 Å². The molecule has 5 rings (SSSR count). The van der Waals surface area contributed by atoms with Gasteiger partial charge in [0.2, 0.25) is 5.91 Å². The number of nitrogens with one attached hydrogen (secondary N) is 2. The van der Waals surface area contributed by atoms with Gasteiger partial charge >= 0.3 is 6.18 Å². The van der Waals surface area contributed by atoms with Crippen molar-refractivity contribution in [1.29, 1.82) is 0 Å². The quantitative estimate of drug-likeness (QED) is 0.502. The summed E-state index contributed by atoms with van der Waals surface area (Å²) < 4.78 is 51.4. The van der Waals surface area contributed by atoms with Crippen LogP contribution in [0.3, 0.4) is 0 Å². The van der Waals surface area contributed by atoms with Gasteiger partial charge in [-0.1, -0.05) is 37.3 Å². The van der Waals surface area contributed by atoms with Gasteiger partial charge in [-0.2, -0.15) is 13.2 Å². The minimum atomic E-state index is -4.55. The third-order valence-electron chi connectivity index (χ3n) is 8.33. The van der Waals surface area contributed by atoms with Crippen LogP contribution >= 0.6 is 0 Å². The lowest BCUT2D eigenvalue weighted by molar-refractivity contribution is -0.137. The second-order valence-corrected chi connectivity index (χ2v) is 11.0. The van der Waals surface area contributed by atoms with E-state index in [1.165, 1.54) is 23.3 Å². The molecule has 2 atom stereocenters. The van der Waals surface area contributed by atoms with Gasteiger partial charge in [-0.3, -0.25) is 14.5 Å². The van der Waals surface area contributed by atoms with Crippen molar-refractivity contribution in [1.82, 2.24) is 15.5 Å². The molecule has 0 aromatic heterocycles. The van der Waals surface area contributed by atoms with Crippen molar-refractivity contribution in [3.63, 3.8) is 0 Å². The number of nitrogens with zero attached hydrogens (tertiary/aromatic N) is 1. The Kier molecular flexibility index (Phi) is 8.49. The lowest BCUT2D eigenvalue weighted by atomic mass is 9.77. The summed E-state index contributed by atoms with van der Waals surface area (Å²) in [4.78, 5) is 27.6. The van der Waals surface area contributed by atoms with Crippen molar-refractivity contribution in [3.8, 4) is 0 Å². The van der Waals surface area contributed by atoms with Crippen LogP contribution in [0.25, 0.3) is 0 Å². The van der Waals surface area contributed by atoms with E-state index < -0.39 is 23.6 Å². The number of carbonyl (C=O) groups is 2. The standard InChI is InChI=1S/C30H36F3N3O4/c1-2-14-39-26-18-36(23-10-12-29(13-11-23)24-9-4-3-6-21(24)19-40-29)17-25(26)35-27(37)16-34-28(38)20-7-5-8-22(15-20)30(31,32)33/h3-9,15,23,25-26H,2,10-14,16-19H2,1H3,(H,34,38)(H,35,37)/t23?,25-,26+,29?/m0/s1. The maximum Gasteiger partial charge on any atom is 0.416 e. The van der Waals surface area contributed by atoms with Gasteiger partial charge in [0.05, 0.1) is 36.5 Å². The van der Waals surface area contributed by atoms with Crippen LogP contribution in [0.4, 0.5) is 13.2 Å². The summed E-state index contributed by atoms with van der Waals surface area (Å²) in [7, 11) is 0. The Morgan fingerprint density at radius 2 is 1.88 bits per heavy atom. The summed E-state index contributed by atoms with van der Waals surface area (Å²) in [6.07, 6.45) is -0.00217. The highest BCUT2D eigenvalue weighted by molar-refractivity contribution is 5.96. The molecule has 2 aromatic rings. The van der Waals surface area contributed by atoms with Gasteiger partial charge in [0, 0.05) is 31.3 Å². The van der Waals surface area contributed by atoms with Crippen LogP contribution in [0.15, 0.2) is 48.5 Å². The summed E-state index contributed by atoms with van der Waals surface area (Å²) in [5.41, 5.74) is 1.33. The largest absolute Gasteiger partial charge is 0.416 e. The zero-order valence-corrected chi connectivity index (χ0v) is 22.6. The fraction of sp³-hybridized carbons (Fsp3) is 0.533. The molecule has 40 heavy (non-hydrogen) atoms. The van der Waals surface area contributed by atoms with Gasteiger partial charge in [-0.05, 0) is 61.4 Å². The minimum Gasteiger partial charge on any atom is -0.375 e. The maximum atomic E-state index is 13.0. The van der Waals surface area contributed by atoms with Gasteiger partial charge in [0.1, 0.15) is 0 Å². The summed E-state index contributed by atoms with van der Waals surface area (Å²) in [5, 5.41) is 5.42. The molecule has 1 aliphatic carbocycles. The summed E-state index contributed by atoms with van der Waals surface area (Å²) in [6, 6.07) is 12.7. The molecule has 2 amide bonds. The second-order valence-electron chi connectivity index (χ2n) is 11.0. The Bertz CT molecular complexity index is 1210. The highest BCUT2D eigenvalue weighted by Gasteiger charge is 2.46. The smallest absolute Gasteiger partial charge is 0.375 e. The van der Waals surface area contributed by atoms with E-state index in [2.05, 4.69) is 39.8 Å². The summed E-state index contributed by atoms with van der Waals surface area (Å²) in [5.74, 6) is -1.14. The van der Waals surface area contributed by atoms with E-state index in [1.807, 2.05) is 6.92 Å². The van der Waals surface area contributed by atoms with Crippen LogP contribution in [0.1, 0.15) is 66.1 Å². The first-order valence-electron chi connectivity index (χ1n) is 14.0. The third-order valence-corrected chi connectivity index (χ3v) is 8.33. The number of ether oxygens (including phenoxy) is 2. The van der Waals surface area contributed by atoms with Crippen molar-refractivity contribution in [2.45, 2.75) is 75.6 Å². The number of alkyl halides is 3. The van der Waals surface area contributed by atoms with E-state index in [4.69, 9.17) is 9.47 Å². The molecule has 0 unspecified atom stereocenters. The Balaban J connectivity index is 1.15. The molecule has 10 heteroatoms. The zero-order chi connectivity index (χ0) is 28.3. The van der Waals surface area contributed by atoms with Gasteiger partial charge in [0.15, 0.2) is 0 Å². The fourth-order valence-corrected chi connectivity index (χ4v) is 6.27. The lowest BCUT2D eigenvalue weighted by Crippen LogP contribution is -2.48. The zero-order valence-electron chi connectivity index (χ0n) is 22.6. The minimum absolute atomic E-state index is 0.150. The Hall–Kier alpha value is -2.95. The lowest BCUT2D eigenvalue weighted by Gasteiger charge is -2.40. The molecule has 2 aromatic carbocycles. The van der Waals surface area contributed by atoms with Crippen LogP contribution < -0.4 is 10.6 Å². The molecule has 2 fully saturated rings. The van der Waals surface area contributed by atoms with Crippen molar-refractivity contribution < 1.29 is 32.2 Å². The van der Waals surface area contributed by atoms with Gasteiger partial charge in [-0.15, -0.1) is 0 Å². The Morgan fingerprint density at radius 3 is 2.62 bits per heavy atom. The Labute approximate surface area is 232 Å². The normalized spacial score (nSPS) is 26.6. The molecule has 0 bridgehead atoms. The van der Waals surface area contributed by atoms with Crippen molar-refractivity contribution in [3.05, 3.63) is 70.8 Å². The maximum absolute atomic E-state index is 13.0. The summed E-state index contributed by atoms with van der Waals surface area (Å²) in [6.45, 7) is 4.28. The van der Waals surface area contributed by atoms with Crippen LogP contribution in [0, 0.1) is 0 Å². The number of likely N-dealkylation sites (tertiary alicyclic amines) is 1. The van der Waals surface area contributed by atoms with Crippen molar-refractivity contribution >= 4 is 11.8 Å². The van der Waals surface area contributed by atoms with E-state index >= 15 is 0 Å². The molecule has 1 spiro atoms. The number of carbonyl (C=O) groups excluding carboxylic acids is 2. The van der Waals surface area contributed by atoms with Gasteiger partial charge in [0.25, 0.3) is 5.91 Å². The van der Waals surface area contributed by atoms with E-state index in [-0.39, 0.29) is 29.9 Å². The molecule has 2 aliphatic heterocycles. The average molecular weight is 560 g/mol. The predicted molar refractivity (Wildman–Crippen MR) is 142 cm³/mol. The monoisotopic (exact) mass is 559 g/mol. The topological polar surface area (TPSA) is 79.9 Å². The number of halogens is 3. The molecule has 216 valence electrons. The van der Waals surface area contributed by atoms with Crippen LogP contribution in [-0.4, -0.2) is 61.1 Å². The second kappa shape index (κ2) is 11.9. The first-order chi connectivity index (χ1) is 19.2. The molecule has 3 aliphatic rings. The van der Waals surface area contributed by atoms with E-state index in [9.17, 15) is 22.8 Å². The highest BCUT2D eigenvalue weighted by atomic mass is 19.4. The average Bonchev–Trinajstić information content (AvgIpc) is 3.52. The number of hydrogen-bond acceptors (Lipinski definition) is 5. The first kappa shape index (κ1) is 28.6. The third kappa shape index (κ3) is 6.19. The number of hydrogen-bond donors (Lipinski definition) is 2.